The quantitative estimate of drug-likeness (QED) is 0.299. The van der Waals surface area contributed by atoms with Gasteiger partial charge < -0.3 is 21.3 Å². The summed E-state index contributed by atoms with van der Waals surface area (Å²) in [6.45, 7) is 0.639. The van der Waals surface area contributed by atoms with Crippen LogP contribution in [-0.2, 0) is 22.7 Å². The van der Waals surface area contributed by atoms with Gasteiger partial charge in [-0.3, -0.25) is 19.2 Å². The molecule has 3 aromatic rings. The third kappa shape index (κ3) is 9.08. The van der Waals surface area contributed by atoms with Gasteiger partial charge in [-0.1, -0.05) is 56.0 Å². The molecule has 0 spiro atoms. The van der Waals surface area contributed by atoms with Gasteiger partial charge in [0.1, 0.15) is 0 Å². The zero-order chi connectivity index (χ0) is 28.2. The third-order valence-electron chi connectivity index (χ3n) is 6.83. The number of hydrogen-bond acceptors (Lipinski definition) is 4. The second kappa shape index (κ2) is 14.6. The van der Waals surface area contributed by atoms with Crippen molar-refractivity contribution in [1.29, 1.82) is 0 Å². The Kier molecular flexibility index (Phi) is 10.4. The van der Waals surface area contributed by atoms with Crippen molar-refractivity contribution in [3.63, 3.8) is 0 Å². The van der Waals surface area contributed by atoms with E-state index in [-0.39, 0.29) is 23.6 Å². The van der Waals surface area contributed by atoms with Gasteiger partial charge >= 0.3 is 0 Å². The van der Waals surface area contributed by atoms with Gasteiger partial charge in [0.05, 0.1) is 0 Å². The first-order valence-electron chi connectivity index (χ1n) is 13.9. The molecule has 0 saturated carbocycles. The van der Waals surface area contributed by atoms with E-state index in [0.29, 0.717) is 37.1 Å². The van der Waals surface area contributed by atoms with E-state index in [4.69, 9.17) is 0 Å². The molecule has 0 fully saturated rings. The molecule has 0 unspecified atom stereocenters. The molecule has 4 amide bonds. The first kappa shape index (κ1) is 28.5. The highest BCUT2D eigenvalue weighted by atomic mass is 16.2. The van der Waals surface area contributed by atoms with Crippen molar-refractivity contribution in [2.24, 2.45) is 0 Å². The van der Waals surface area contributed by atoms with E-state index in [1.807, 2.05) is 48.5 Å². The molecule has 8 nitrogen and oxygen atoms in total. The van der Waals surface area contributed by atoms with Crippen molar-refractivity contribution in [2.75, 3.05) is 10.6 Å². The maximum absolute atomic E-state index is 12.7. The minimum Gasteiger partial charge on any atom is -0.348 e. The first-order valence-corrected chi connectivity index (χ1v) is 13.9. The fourth-order valence-electron chi connectivity index (χ4n) is 4.51. The largest absolute Gasteiger partial charge is 0.348 e. The van der Waals surface area contributed by atoms with Crippen molar-refractivity contribution in [3.8, 4) is 0 Å². The van der Waals surface area contributed by atoms with Crippen LogP contribution in [-0.4, -0.2) is 23.6 Å². The van der Waals surface area contributed by atoms with E-state index in [9.17, 15) is 19.2 Å². The molecule has 4 aliphatic heterocycles. The molecular weight excluding hydrogens is 504 g/mol. The summed E-state index contributed by atoms with van der Waals surface area (Å²) in [4.78, 5) is 50.0. The third-order valence-corrected chi connectivity index (χ3v) is 6.83. The number of hydrogen-bond donors (Lipinski definition) is 4. The van der Waals surface area contributed by atoms with E-state index in [1.165, 1.54) is 0 Å². The standard InChI is InChI=1S/C32H36N4O4/c37-29-10-5-3-1-2-4-6-11-30(38)36-28-18-14-24(15-19-28)22-34-32(40)26-9-7-8-25(20-26)31(39)33-21-23-12-16-27(35-29)17-13-23/h7-9,12-20H,1-6,10-11,21-22H2,(H,33,39)(H,34,40)(H,35,37)(H,36,38). The van der Waals surface area contributed by atoms with Crippen LogP contribution in [0.1, 0.15) is 83.2 Å². The number of anilines is 2. The zero-order valence-electron chi connectivity index (χ0n) is 22.6. The van der Waals surface area contributed by atoms with Crippen molar-refractivity contribution in [1.82, 2.24) is 10.6 Å². The van der Waals surface area contributed by atoms with Crippen LogP contribution < -0.4 is 21.3 Å². The molecule has 0 atom stereocenters. The van der Waals surface area contributed by atoms with E-state index >= 15 is 0 Å². The van der Waals surface area contributed by atoms with Gasteiger partial charge in [-0.05, 0) is 66.4 Å². The van der Waals surface area contributed by atoms with Crippen LogP contribution in [0.5, 0.6) is 0 Å². The van der Waals surface area contributed by atoms with Crippen molar-refractivity contribution in [3.05, 3.63) is 95.1 Å². The van der Waals surface area contributed by atoms with Gasteiger partial charge in [0.15, 0.2) is 0 Å². The Hall–Kier alpha value is -4.46. The second-order valence-electron chi connectivity index (χ2n) is 10.1. The van der Waals surface area contributed by atoms with Gasteiger partial charge in [-0.15, -0.1) is 0 Å². The van der Waals surface area contributed by atoms with Crippen LogP contribution in [0.4, 0.5) is 11.4 Å². The van der Waals surface area contributed by atoms with Gasteiger partial charge in [0, 0.05) is 48.4 Å². The second-order valence-corrected chi connectivity index (χ2v) is 10.1. The van der Waals surface area contributed by atoms with Crippen LogP contribution >= 0.6 is 0 Å². The monoisotopic (exact) mass is 540 g/mol. The van der Waals surface area contributed by atoms with Crippen molar-refractivity contribution in [2.45, 2.75) is 64.5 Å². The average molecular weight is 541 g/mol. The smallest absolute Gasteiger partial charge is 0.251 e. The molecule has 40 heavy (non-hydrogen) atoms. The summed E-state index contributed by atoms with van der Waals surface area (Å²) in [6, 6.07) is 21.3. The lowest BCUT2D eigenvalue weighted by Gasteiger charge is -2.10. The highest BCUT2D eigenvalue weighted by molar-refractivity contribution is 5.99. The molecule has 3 aromatic carbocycles. The first-order chi connectivity index (χ1) is 19.5. The fourth-order valence-corrected chi connectivity index (χ4v) is 4.51. The number of carbonyl (C=O) groups is 4. The Labute approximate surface area is 234 Å². The van der Waals surface area contributed by atoms with E-state index in [2.05, 4.69) is 21.3 Å². The molecule has 7 rings (SSSR count). The average Bonchev–Trinajstić information content (AvgIpc) is 2.97. The molecule has 8 heteroatoms. The molecule has 4 aliphatic rings. The van der Waals surface area contributed by atoms with Crippen LogP contribution in [0.25, 0.3) is 0 Å². The number of carbonyl (C=O) groups excluding carboxylic acids is 4. The number of rotatable bonds is 0. The SMILES string of the molecule is O=C1CCCCCCCCC(=O)Nc2ccc(cc2)CNC(=O)c2cccc(c2)C(=O)NCc2ccc(cc2)N1. The number of benzene rings is 3. The Bertz CT molecular complexity index is 1220. The molecule has 0 radical (unpaired) electrons. The molecule has 0 aliphatic carbocycles. The van der Waals surface area contributed by atoms with E-state index < -0.39 is 0 Å². The number of amides is 4. The van der Waals surface area contributed by atoms with Gasteiger partial charge in [-0.25, -0.2) is 0 Å². The summed E-state index contributed by atoms with van der Waals surface area (Å²) < 4.78 is 0. The summed E-state index contributed by atoms with van der Waals surface area (Å²) in [6.07, 6.45) is 6.63. The highest BCUT2D eigenvalue weighted by Crippen LogP contribution is 2.15. The lowest BCUT2D eigenvalue weighted by Crippen LogP contribution is -2.25. The van der Waals surface area contributed by atoms with Crippen LogP contribution in [0, 0.1) is 0 Å². The molecular formula is C32H36N4O4. The molecule has 4 heterocycles. The highest BCUT2D eigenvalue weighted by Gasteiger charge is 2.11. The van der Waals surface area contributed by atoms with Crippen molar-refractivity contribution < 1.29 is 19.2 Å². The van der Waals surface area contributed by atoms with Crippen LogP contribution in [0.15, 0.2) is 72.8 Å². The summed E-state index contributed by atoms with van der Waals surface area (Å²) >= 11 is 0. The van der Waals surface area contributed by atoms with Crippen LogP contribution in [0.2, 0.25) is 0 Å². The Morgan fingerprint density at radius 2 is 0.875 bits per heavy atom. The maximum atomic E-state index is 12.7. The lowest BCUT2D eigenvalue weighted by molar-refractivity contribution is -0.117. The maximum Gasteiger partial charge on any atom is 0.251 e. The fraction of sp³-hybridized carbons (Fsp3) is 0.312. The molecule has 0 saturated heterocycles. The predicted octanol–water partition coefficient (Wildman–Crippen LogP) is 5.56. The van der Waals surface area contributed by atoms with E-state index in [1.54, 1.807) is 24.3 Å². The van der Waals surface area contributed by atoms with Crippen LogP contribution in [0.3, 0.4) is 0 Å². The topological polar surface area (TPSA) is 116 Å². The zero-order valence-corrected chi connectivity index (χ0v) is 22.6. The Morgan fingerprint density at radius 3 is 1.30 bits per heavy atom. The summed E-state index contributed by atoms with van der Waals surface area (Å²) in [5.41, 5.74) is 4.01. The predicted molar refractivity (Wildman–Crippen MR) is 156 cm³/mol. The van der Waals surface area contributed by atoms with E-state index in [0.717, 1.165) is 61.0 Å². The number of nitrogens with one attached hydrogen (secondary N) is 4. The lowest BCUT2D eigenvalue weighted by atomic mass is 10.1. The Balaban J connectivity index is 1.41. The van der Waals surface area contributed by atoms with Gasteiger partial charge in [0.2, 0.25) is 11.8 Å². The normalized spacial score (nSPS) is 16.5. The minimum absolute atomic E-state index is 0.0152. The molecule has 0 aromatic heterocycles. The van der Waals surface area contributed by atoms with Gasteiger partial charge in [-0.2, -0.15) is 0 Å². The molecule has 4 N–H and O–H groups in total. The summed E-state index contributed by atoms with van der Waals surface area (Å²) in [7, 11) is 0. The summed E-state index contributed by atoms with van der Waals surface area (Å²) in [5, 5.41) is 11.6. The Morgan fingerprint density at radius 1 is 0.475 bits per heavy atom. The molecule has 6 bridgehead atoms. The summed E-state index contributed by atoms with van der Waals surface area (Å²) in [5.74, 6) is -0.598. The van der Waals surface area contributed by atoms with Gasteiger partial charge in [0.25, 0.3) is 11.8 Å². The van der Waals surface area contributed by atoms with Crippen molar-refractivity contribution >= 4 is 35.0 Å². The minimum atomic E-state index is -0.284. The molecule has 208 valence electrons.